The highest BCUT2D eigenvalue weighted by Gasteiger charge is 2.75. The van der Waals surface area contributed by atoms with Gasteiger partial charge in [-0.25, -0.2) is 0 Å². The first-order valence-corrected chi connectivity index (χ1v) is 8.32. The van der Waals surface area contributed by atoms with E-state index in [1.165, 1.54) is 26.0 Å². The number of halogens is 6. The van der Waals surface area contributed by atoms with Crippen LogP contribution in [0.15, 0.2) is 41.5 Å². The van der Waals surface area contributed by atoms with Crippen molar-refractivity contribution in [1.82, 2.24) is 0 Å². The molecule has 0 saturated carbocycles. The van der Waals surface area contributed by atoms with Gasteiger partial charge in [0.15, 0.2) is 5.41 Å². The minimum absolute atomic E-state index is 0.399. The second-order valence-corrected chi connectivity index (χ2v) is 7.19. The Bertz CT molecular complexity index is 735. The monoisotopic (exact) mass is 376 g/mol. The van der Waals surface area contributed by atoms with Crippen molar-refractivity contribution >= 4 is 0 Å². The maximum atomic E-state index is 14.2. The Hall–Kier alpha value is -1.72. The molecular formula is C20H22F6. The van der Waals surface area contributed by atoms with E-state index >= 15 is 0 Å². The average Bonchev–Trinajstić information content (AvgIpc) is 2.45. The average molecular weight is 376 g/mol. The van der Waals surface area contributed by atoms with Gasteiger partial charge in [-0.2, -0.15) is 26.3 Å². The molecule has 144 valence electrons. The molecule has 0 aliphatic heterocycles. The smallest absolute Gasteiger partial charge is 0.170 e. The fraction of sp³-hybridized carbons (Fsp3) is 0.500. The molecule has 2 unspecified atom stereocenters. The van der Waals surface area contributed by atoms with Gasteiger partial charge in [-0.15, -0.1) is 0 Å². The van der Waals surface area contributed by atoms with Crippen molar-refractivity contribution in [3.63, 3.8) is 0 Å². The van der Waals surface area contributed by atoms with Crippen LogP contribution in [0.5, 0.6) is 0 Å². The Morgan fingerprint density at radius 2 is 1.23 bits per heavy atom. The summed E-state index contributed by atoms with van der Waals surface area (Å²) < 4.78 is 85.2. The first kappa shape index (κ1) is 20.6. The molecule has 0 spiro atoms. The molecule has 0 aromatic heterocycles. The minimum Gasteiger partial charge on any atom is -0.170 e. The second kappa shape index (κ2) is 6.46. The zero-order valence-electron chi connectivity index (χ0n) is 15.3. The number of rotatable bonds is 2. The van der Waals surface area contributed by atoms with Crippen LogP contribution in [0.3, 0.4) is 0 Å². The van der Waals surface area contributed by atoms with E-state index in [-0.39, 0.29) is 0 Å². The summed E-state index contributed by atoms with van der Waals surface area (Å²) in [5.41, 5.74) is -2.53. The van der Waals surface area contributed by atoms with Gasteiger partial charge in [-0.05, 0) is 50.3 Å². The van der Waals surface area contributed by atoms with E-state index < -0.39 is 35.2 Å². The predicted molar refractivity (Wildman–Crippen MR) is 89.9 cm³/mol. The lowest BCUT2D eigenvalue weighted by Gasteiger charge is -2.45. The van der Waals surface area contributed by atoms with Crippen molar-refractivity contribution in [2.45, 2.75) is 52.4 Å². The number of hydrogen-bond donors (Lipinski definition) is 0. The van der Waals surface area contributed by atoms with E-state index in [0.29, 0.717) is 22.3 Å². The molecule has 0 nitrogen and oxygen atoms in total. The lowest BCUT2D eigenvalue weighted by molar-refractivity contribution is -0.317. The highest BCUT2D eigenvalue weighted by atomic mass is 19.4. The molecule has 1 aromatic carbocycles. The topological polar surface area (TPSA) is 0 Å². The van der Waals surface area contributed by atoms with Crippen LogP contribution in [-0.4, -0.2) is 12.4 Å². The van der Waals surface area contributed by atoms with Gasteiger partial charge in [0.2, 0.25) is 0 Å². The first-order chi connectivity index (χ1) is 11.7. The van der Waals surface area contributed by atoms with Crippen LogP contribution in [0.1, 0.15) is 37.5 Å². The number of benzene rings is 1. The van der Waals surface area contributed by atoms with E-state index in [2.05, 4.69) is 0 Å². The fourth-order valence-corrected chi connectivity index (χ4v) is 3.75. The van der Waals surface area contributed by atoms with Crippen molar-refractivity contribution in [3.05, 3.63) is 58.2 Å². The molecule has 0 fully saturated rings. The quantitative estimate of drug-likeness (QED) is 0.497. The molecule has 0 N–H and O–H groups in total. The third-order valence-electron chi connectivity index (χ3n) is 5.49. The molecular weight excluding hydrogens is 354 g/mol. The number of hydrogen-bond acceptors (Lipinski definition) is 0. The molecule has 0 amide bonds. The van der Waals surface area contributed by atoms with Crippen LogP contribution in [0.25, 0.3) is 0 Å². The fourth-order valence-electron chi connectivity index (χ4n) is 3.75. The summed E-state index contributed by atoms with van der Waals surface area (Å²) in [4.78, 5) is 0. The first-order valence-electron chi connectivity index (χ1n) is 8.32. The lowest BCUT2D eigenvalue weighted by atomic mass is 9.62. The SMILES string of the molecule is CC1=CC(C)C(C(c2ccc(C)c(C)c2)(C(F)(F)F)C(F)(F)F)C=C1C. The van der Waals surface area contributed by atoms with Gasteiger partial charge in [0, 0.05) is 5.92 Å². The number of alkyl halides is 6. The van der Waals surface area contributed by atoms with Crippen LogP contribution < -0.4 is 0 Å². The van der Waals surface area contributed by atoms with Gasteiger partial charge in [-0.3, -0.25) is 0 Å². The maximum absolute atomic E-state index is 14.2. The van der Waals surface area contributed by atoms with Crippen molar-refractivity contribution in [2.75, 3.05) is 0 Å². The summed E-state index contributed by atoms with van der Waals surface area (Å²) in [5.74, 6) is -2.68. The van der Waals surface area contributed by atoms with Crippen LogP contribution in [0.2, 0.25) is 0 Å². The van der Waals surface area contributed by atoms with Gasteiger partial charge in [0.05, 0.1) is 0 Å². The summed E-state index contributed by atoms with van der Waals surface area (Å²) in [7, 11) is 0. The Balaban J connectivity index is 2.88. The highest BCUT2D eigenvalue weighted by molar-refractivity contribution is 5.43. The van der Waals surface area contributed by atoms with Crippen LogP contribution in [-0.2, 0) is 5.41 Å². The molecule has 1 aliphatic rings. The minimum atomic E-state index is -5.50. The lowest BCUT2D eigenvalue weighted by Crippen LogP contribution is -2.60. The van der Waals surface area contributed by atoms with Crippen LogP contribution >= 0.6 is 0 Å². The van der Waals surface area contributed by atoms with Gasteiger partial charge in [0.1, 0.15) is 0 Å². The standard InChI is InChI=1S/C20H22F6/c1-11-6-7-16(9-13(11)3)18(19(21,22)23,20(24,25)26)17-10-14(4)12(2)8-15(17)5/h6-10,15,17H,1-5H3. The zero-order chi connectivity index (χ0) is 20.1. The third-order valence-corrected chi connectivity index (χ3v) is 5.49. The summed E-state index contributed by atoms with van der Waals surface area (Å²) in [6, 6.07) is 3.31. The van der Waals surface area contributed by atoms with Gasteiger partial charge < -0.3 is 0 Å². The molecule has 0 saturated heterocycles. The van der Waals surface area contributed by atoms with E-state index in [1.54, 1.807) is 20.8 Å². The molecule has 0 radical (unpaired) electrons. The Labute approximate surface area is 149 Å². The van der Waals surface area contributed by atoms with E-state index in [9.17, 15) is 26.3 Å². The summed E-state index contributed by atoms with van der Waals surface area (Å²) >= 11 is 0. The van der Waals surface area contributed by atoms with Gasteiger partial charge in [-0.1, -0.05) is 48.4 Å². The van der Waals surface area contributed by atoms with Crippen LogP contribution in [0.4, 0.5) is 26.3 Å². The summed E-state index contributed by atoms with van der Waals surface area (Å²) in [5, 5.41) is 0. The molecule has 6 heteroatoms. The largest absolute Gasteiger partial charge is 0.407 e. The highest BCUT2D eigenvalue weighted by Crippen LogP contribution is 2.59. The van der Waals surface area contributed by atoms with E-state index in [4.69, 9.17) is 0 Å². The van der Waals surface area contributed by atoms with Crippen molar-refractivity contribution in [1.29, 1.82) is 0 Å². The van der Waals surface area contributed by atoms with Crippen molar-refractivity contribution < 1.29 is 26.3 Å². The van der Waals surface area contributed by atoms with Gasteiger partial charge in [0.25, 0.3) is 0 Å². The van der Waals surface area contributed by atoms with E-state index in [0.717, 1.165) is 18.2 Å². The molecule has 2 rings (SSSR count). The van der Waals surface area contributed by atoms with Crippen molar-refractivity contribution in [2.24, 2.45) is 11.8 Å². The summed E-state index contributed by atoms with van der Waals surface area (Å²) in [6.07, 6.45) is -8.37. The Kier molecular flexibility index (Phi) is 5.12. The maximum Gasteiger partial charge on any atom is 0.407 e. The molecule has 0 heterocycles. The second-order valence-electron chi connectivity index (χ2n) is 7.19. The van der Waals surface area contributed by atoms with E-state index in [1.807, 2.05) is 0 Å². The predicted octanol–water partition coefficient (Wildman–Crippen LogP) is 6.82. The molecule has 0 bridgehead atoms. The van der Waals surface area contributed by atoms with Gasteiger partial charge >= 0.3 is 12.4 Å². The van der Waals surface area contributed by atoms with Crippen LogP contribution in [0, 0.1) is 25.7 Å². The van der Waals surface area contributed by atoms with Crippen molar-refractivity contribution in [3.8, 4) is 0 Å². The third kappa shape index (κ3) is 3.08. The molecule has 1 aromatic rings. The Morgan fingerprint density at radius 3 is 1.69 bits per heavy atom. The number of allylic oxidation sites excluding steroid dienone is 4. The zero-order valence-corrected chi connectivity index (χ0v) is 15.3. The normalized spacial score (nSPS) is 22.1. The molecule has 1 aliphatic carbocycles. The Morgan fingerprint density at radius 1 is 0.731 bits per heavy atom. The molecule has 2 atom stereocenters. The molecule has 26 heavy (non-hydrogen) atoms. The summed E-state index contributed by atoms with van der Waals surface area (Å²) in [6.45, 7) is 7.82. The number of aryl methyl sites for hydroxylation is 2.